The number of carbonyl (C=O) groups excluding carboxylic acids is 1. The van der Waals surface area contributed by atoms with E-state index in [0.29, 0.717) is 17.1 Å². The van der Waals surface area contributed by atoms with Crippen molar-refractivity contribution in [1.82, 2.24) is 5.32 Å². The van der Waals surface area contributed by atoms with Gasteiger partial charge in [0.05, 0.1) is 20.0 Å². The molecule has 0 saturated heterocycles. The molecular weight excluding hydrogens is 362 g/mol. The smallest absolute Gasteiger partial charge is 0.326 e. The van der Waals surface area contributed by atoms with E-state index >= 15 is 0 Å². The largest absolute Gasteiger partial charge is 0.493 e. The molecule has 0 aliphatic carbocycles. The van der Waals surface area contributed by atoms with E-state index < -0.39 is 27.8 Å². The van der Waals surface area contributed by atoms with Gasteiger partial charge in [-0.05, 0) is 30.2 Å². The van der Waals surface area contributed by atoms with Crippen molar-refractivity contribution < 1.29 is 32.6 Å². The number of nitrogens with one attached hydrogen (secondary N) is 1. The molecule has 1 aromatic rings. The zero-order valence-electron chi connectivity index (χ0n) is 14.9. The summed E-state index contributed by atoms with van der Waals surface area (Å²) >= 11 is 0. The van der Waals surface area contributed by atoms with Crippen molar-refractivity contribution in [3.8, 4) is 11.5 Å². The molecule has 1 aromatic carbocycles. The molecule has 1 amide bonds. The van der Waals surface area contributed by atoms with Gasteiger partial charge in [0, 0.05) is 11.8 Å². The molecule has 0 radical (unpaired) electrons. The third-order valence-corrected chi connectivity index (χ3v) is 5.34. The summed E-state index contributed by atoms with van der Waals surface area (Å²) in [5.41, 5.74) is 0.651. The van der Waals surface area contributed by atoms with Crippen molar-refractivity contribution >= 4 is 27.8 Å². The number of amides is 1. The van der Waals surface area contributed by atoms with Gasteiger partial charge < -0.3 is 19.9 Å². The Morgan fingerprint density at radius 1 is 1.23 bits per heavy atom. The lowest BCUT2D eigenvalue weighted by Crippen LogP contribution is -2.41. The molecular formula is C17H23NO7S. The molecule has 144 valence electrons. The normalized spacial score (nSPS) is 12.6. The van der Waals surface area contributed by atoms with Crippen LogP contribution < -0.4 is 14.8 Å². The Hall–Kier alpha value is -2.55. The van der Waals surface area contributed by atoms with Gasteiger partial charge >= 0.3 is 5.97 Å². The van der Waals surface area contributed by atoms with Gasteiger partial charge in [-0.3, -0.25) is 4.79 Å². The van der Waals surface area contributed by atoms with E-state index in [1.54, 1.807) is 18.2 Å². The molecule has 1 unspecified atom stereocenters. The minimum absolute atomic E-state index is 0.0769. The second-order valence-electron chi connectivity index (χ2n) is 5.37. The van der Waals surface area contributed by atoms with Crippen LogP contribution in [0.15, 0.2) is 24.3 Å². The van der Waals surface area contributed by atoms with Gasteiger partial charge in [-0.15, -0.1) is 0 Å². The fourth-order valence-corrected chi connectivity index (χ4v) is 2.93. The Labute approximate surface area is 152 Å². The minimum Gasteiger partial charge on any atom is -0.493 e. The lowest BCUT2D eigenvalue weighted by molar-refractivity contribution is -0.141. The number of aliphatic carboxylic acids is 1. The number of rotatable bonds is 10. The summed E-state index contributed by atoms with van der Waals surface area (Å²) in [4.78, 5) is 23.1. The van der Waals surface area contributed by atoms with E-state index in [1.165, 1.54) is 33.3 Å². The van der Waals surface area contributed by atoms with E-state index in [0.717, 1.165) is 0 Å². The molecule has 1 atom stereocenters. The van der Waals surface area contributed by atoms with Crippen LogP contribution in [0.2, 0.25) is 0 Å². The molecule has 0 bridgehead atoms. The summed E-state index contributed by atoms with van der Waals surface area (Å²) < 4.78 is 33.3. The standard InChI is InChI=1S/C17H23NO7S/c1-4-26(22,23)10-9-13(17(20)21)18-16(19)8-6-12-5-7-14(24-2)15(11-12)25-3/h5-8,11,13H,4,9-10H2,1-3H3,(H,18,19)(H,20,21)/b8-6+. The zero-order valence-corrected chi connectivity index (χ0v) is 15.7. The Kier molecular flexibility index (Phi) is 8.11. The van der Waals surface area contributed by atoms with Crippen molar-refractivity contribution in [2.24, 2.45) is 0 Å². The first kappa shape index (κ1) is 21.5. The molecule has 9 heteroatoms. The summed E-state index contributed by atoms with van der Waals surface area (Å²) in [5, 5.41) is 11.4. The van der Waals surface area contributed by atoms with Gasteiger partial charge in [0.1, 0.15) is 15.9 Å². The van der Waals surface area contributed by atoms with Gasteiger partial charge in [-0.1, -0.05) is 13.0 Å². The highest BCUT2D eigenvalue weighted by molar-refractivity contribution is 7.91. The van der Waals surface area contributed by atoms with E-state index in [-0.39, 0.29) is 17.9 Å². The Morgan fingerprint density at radius 3 is 2.42 bits per heavy atom. The van der Waals surface area contributed by atoms with Gasteiger partial charge in [-0.25, -0.2) is 13.2 Å². The molecule has 0 aliphatic rings. The summed E-state index contributed by atoms with van der Waals surface area (Å²) in [6.07, 6.45) is 2.46. The van der Waals surface area contributed by atoms with Gasteiger partial charge in [0.2, 0.25) is 5.91 Å². The Bertz CT molecular complexity index is 771. The van der Waals surface area contributed by atoms with Crippen molar-refractivity contribution in [1.29, 1.82) is 0 Å². The predicted molar refractivity (Wildman–Crippen MR) is 97.1 cm³/mol. The molecule has 2 N–H and O–H groups in total. The summed E-state index contributed by atoms with van der Waals surface area (Å²) in [5.74, 6) is -1.28. The summed E-state index contributed by atoms with van der Waals surface area (Å²) in [7, 11) is -0.320. The van der Waals surface area contributed by atoms with Crippen LogP contribution in [0.5, 0.6) is 11.5 Å². The lowest BCUT2D eigenvalue weighted by Gasteiger charge is -2.13. The van der Waals surface area contributed by atoms with Crippen LogP contribution in [0.25, 0.3) is 6.08 Å². The molecule has 0 spiro atoms. The van der Waals surface area contributed by atoms with Crippen molar-refractivity contribution in [2.75, 3.05) is 25.7 Å². The first-order valence-corrected chi connectivity index (χ1v) is 9.68. The molecule has 26 heavy (non-hydrogen) atoms. The fraction of sp³-hybridized carbons (Fsp3) is 0.412. The zero-order chi connectivity index (χ0) is 19.7. The van der Waals surface area contributed by atoms with Crippen molar-refractivity contribution in [3.05, 3.63) is 29.8 Å². The maximum absolute atomic E-state index is 11.9. The number of hydrogen-bond acceptors (Lipinski definition) is 6. The monoisotopic (exact) mass is 385 g/mol. The van der Waals surface area contributed by atoms with Crippen LogP contribution in [0.1, 0.15) is 18.9 Å². The molecule has 0 saturated carbocycles. The number of carboxylic acids is 1. The van der Waals surface area contributed by atoms with Crippen LogP contribution in [-0.4, -0.2) is 57.2 Å². The second kappa shape index (κ2) is 9.81. The number of sulfone groups is 1. The summed E-state index contributed by atoms with van der Waals surface area (Å²) in [6.45, 7) is 1.48. The average Bonchev–Trinajstić information content (AvgIpc) is 2.62. The van der Waals surface area contributed by atoms with Crippen molar-refractivity contribution in [3.63, 3.8) is 0 Å². The second-order valence-corrected chi connectivity index (χ2v) is 7.84. The molecule has 0 aromatic heterocycles. The maximum atomic E-state index is 11.9. The van der Waals surface area contributed by atoms with Crippen molar-refractivity contribution in [2.45, 2.75) is 19.4 Å². The third-order valence-electron chi connectivity index (χ3n) is 3.61. The van der Waals surface area contributed by atoms with Gasteiger partial charge in [0.25, 0.3) is 0 Å². The minimum atomic E-state index is -3.31. The lowest BCUT2D eigenvalue weighted by atomic mass is 10.1. The van der Waals surface area contributed by atoms with Gasteiger partial charge in [-0.2, -0.15) is 0 Å². The number of ether oxygens (including phenoxy) is 2. The molecule has 0 fully saturated rings. The Balaban J connectivity index is 2.76. The average molecular weight is 385 g/mol. The van der Waals surface area contributed by atoms with E-state index in [4.69, 9.17) is 14.6 Å². The van der Waals surface area contributed by atoms with E-state index in [1.807, 2.05) is 0 Å². The summed E-state index contributed by atoms with van der Waals surface area (Å²) in [6, 6.07) is 3.75. The van der Waals surface area contributed by atoms with Crippen LogP contribution in [0, 0.1) is 0 Å². The molecule has 0 heterocycles. The third kappa shape index (κ3) is 6.75. The van der Waals surface area contributed by atoms with Crippen LogP contribution in [0.3, 0.4) is 0 Å². The number of benzene rings is 1. The Morgan fingerprint density at radius 2 is 1.88 bits per heavy atom. The number of carboxylic acid groups (broad SMARTS) is 1. The molecule has 1 rings (SSSR count). The maximum Gasteiger partial charge on any atom is 0.326 e. The number of carbonyl (C=O) groups is 2. The highest BCUT2D eigenvalue weighted by atomic mass is 32.2. The van der Waals surface area contributed by atoms with E-state index in [9.17, 15) is 18.0 Å². The SMILES string of the molecule is CCS(=O)(=O)CCC(NC(=O)/C=C/c1ccc(OC)c(OC)c1)C(=O)O. The van der Waals surface area contributed by atoms with Crippen LogP contribution in [0.4, 0.5) is 0 Å². The molecule has 0 aliphatic heterocycles. The highest BCUT2D eigenvalue weighted by Crippen LogP contribution is 2.27. The topological polar surface area (TPSA) is 119 Å². The quantitative estimate of drug-likeness (QED) is 0.579. The predicted octanol–water partition coefficient (Wildman–Crippen LogP) is 1.11. The van der Waals surface area contributed by atoms with Gasteiger partial charge in [0.15, 0.2) is 11.5 Å². The number of hydrogen-bond donors (Lipinski definition) is 2. The fourth-order valence-electron chi connectivity index (χ4n) is 2.05. The van der Waals surface area contributed by atoms with Crippen LogP contribution >= 0.6 is 0 Å². The first-order valence-electron chi connectivity index (χ1n) is 7.86. The van der Waals surface area contributed by atoms with E-state index in [2.05, 4.69) is 5.32 Å². The molecule has 8 nitrogen and oxygen atoms in total. The highest BCUT2D eigenvalue weighted by Gasteiger charge is 2.21. The number of methoxy groups -OCH3 is 2. The van der Waals surface area contributed by atoms with Crippen LogP contribution in [-0.2, 0) is 19.4 Å². The first-order chi connectivity index (χ1) is 12.2.